The van der Waals surface area contributed by atoms with Gasteiger partial charge in [0.05, 0.1) is 21.4 Å². The molecule has 37 heavy (non-hydrogen) atoms. The number of rotatable bonds is 10. The highest BCUT2D eigenvalue weighted by Crippen LogP contribution is 2.56. The minimum Gasteiger partial charge on any atom is -0.487 e. The molecule has 3 aromatic rings. The normalized spacial score (nSPS) is 17.4. The molecular weight excluding hydrogens is 527 g/mol. The van der Waals surface area contributed by atoms with Crippen molar-refractivity contribution in [2.24, 2.45) is 11.7 Å². The van der Waals surface area contributed by atoms with Crippen LogP contribution < -0.4 is 15.8 Å². The number of nitrogens with two attached hydrogens (primary N) is 1. The number of carbonyl (C=O) groups excluding carboxylic acids is 1. The first-order valence-electron chi connectivity index (χ1n) is 12.4. The Bertz CT molecular complexity index is 1320. The summed E-state index contributed by atoms with van der Waals surface area (Å²) in [6.07, 6.45) is 1.84. The van der Waals surface area contributed by atoms with Crippen LogP contribution in [0.2, 0.25) is 15.1 Å². The van der Waals surface area contributed by atoms with Gasteiger partial charge in [0.15, 0.2) is 0 Å². The number of anilines is 1. The maximum atomic E-state index is 11.5. The number of amides is 1. The smallest absolute Gasteiger partial charge is 0.248 e. The molecule has 1 saturated carbocycles. The van der Waals surface area contributed by atoms with Crippen molar-refractivity contribution in [1.82, 2.24) is 0 Å². The van der Waals surface area contributed by atoms with Crippen LogP contribution in [-0.2, 0) is 0 Å². The SMILES string of the molecule is CC/C(=C(/COc1ccc(C2CC2c2cccc(C(N)=O)c2)c(Cl)c1)Nc1c(Cl)cccc1Cl)C(C)C. The van der Waals surface area contributed by atoms with Crippen molar-refractivity contribution in [3.05, 3.63) is 104 Å². The number of benzene rings is 3. The van der Waals surface area contributed by atoms with E-state index >= 15 is 0 Å². The van der Waals surface area contributed by atoms with E-state index in [1.807, 2.05) is 54.6 Å². The molecule has 3 aromatic carbocycles. The van der Waals surface area contributed by atoms with Crippen LogP contribution in [0.25, 0.3) is 0 Å². The Balaban J connectivity index is 1.50. The summed E-state index contributed by atoms with van der Waals surface area (Å²) in [7, 11) is 0. The van der Waals surface area contributed by atoms with Crippen molar-refractivity contribution in [2.75, 3.05) is 11.9 Å². The summed E-state index contributed by atoms with van der Waals surface area (Å²) in [5, 5.41) is 5.21. The molecule has 1 aliphatic carbocycles. The topological polar surface area (TPSA) is 64.3 Å². The van der Waals surface area contributed by atoms with Crippen LogP contribution in [0.5, 0.6) is 5.75 Å². The van der Waals surface area contributed by atoms with E-state index < -0.39 is 5.91 Å². The quantitative estimate of drug-likeness (QED) is 0.262. The second-order valence-corrected chi connectivity index (χ2v) is 10.9. The molecule has 0 radical (unpaired) electrons. The number of hydrogen-bond donors (Lipinski definition) is 2. The van der Waals surface area contributed by atoms with E-state index in [9.17, 15) is 4.79 Å². The summed E-state index contributed by atoms with van der Waals surface area (Å²) >= 11 is 19.6. The standard InChI is InChI=1S/C30H31Cl3N2O2/c1-4-21(17(2)3)28(35-29-25(31)9-6-10-26(29)32)16-37-20-11-12-22(27(33)14-20)24-15-23(24)18-7-5-8-19(13-18)30(34)36/h5-14,17,23-24,35H,4,15-16H2,1-3H3,(H2,34,36)/b28-21+. The van der Waals surface area contributed by atoms with E-state index in [0.717, 1.165) is 29.7 Å². The highest BCUT2D eigenvalue weighted by molar-refractivity contribution is 6.39. The third-order valence-corrected chi connectivity index (χ3v) is 7.81. The van der Waals surface area contributed by atoms with E-state index in [-0.39, 0.29) is 0 Å². The second kappa shape index (κ2) is 11.8. The van der Waals surface area contributed by atoms with E-state index in [1.54, 1.807) is 6.07 Å². The number of ether oxygens (including phenoxy) is 1. The number of allylic oxidation sites excluding steroid dienone is 1. The predicted molar refractivity (Wildman–Crippen MR) is 154 cm³/mol. The van der Waals surface area contributed by atoms with Crippen molar-refractivity contribution in [1.29, 1.82) is 0 Å². The Morgan fingerprint density at radius 2 is 1.70 bits per heavy atom. The maximum absolute atomic E-state index is 11.5. The van der Waals surface area contributed by atoms with Gasteiger partial charge in [-0.15, -0.1) is 0 Å². The molecule has 2 atom stereocenters. The van der Waals surface area contributed by atoms with Gasteiger partial charge in [-0.05, 0) is 83.7 Å². The molecule has 194 valence electrons. The Labute approximate surface area is 233 Å². The van der Waals surface area contributed by atoms with Crippen LogP contribution in [0.4, 0.5) is 5.69 Å². The number of carbonyl (C=O) groups is 1. The molecule has 0 spiro atoms. The van der Waals surface area contributed by atoms with Crippen LogP contribution in [0, 0.1) is 5.92 Å². The molecule has 4 rings (SSSR count). The predicted octanol–water partition coefficient (Wildman–Crippen LogP) is 8.83. The van der Waals surface area contributed by atoms with Crippen molar-refractivity contribution in [3.63, 3.8) is 0 Å². The summed E-state index contributed by atoms with van der Waals surface area (Å²) in [4.78, 5) is 11.5. The summed E-state index contributed by atoms with van der Waals surface area (Å²) in [6.45, 7) is 6.77. The molecular formula is C30H31Cl3N2O2. The average molecular weight is 558 g/mol. The first-order chi connectivity index (χ1) is 17.7. The molecule has 1 amide bonds. The highest BCUT2D eigenvalue weighted by atomic mass is 35.5. The highest BCUT2D eigenvalue weighted by Gasteiger charge is 2.40. The lowest BCUT2D eigenvalue weighted by atomic mass is 9.98. The first kappa shape index (κ1) is 27.4. The lowest BCUT2D eigenvalue weighted by Crippen LogP contribution is -2.15. The van der Waals surface area contributed by atoms with Gasteiger partial charge in [0.25, 0.3) is 0 Å². The fraction of sp³-hybridized carbons (Fsp3) is 0.300. The van der Waals surface area contributed by atoms with Gasteiger partial charge in [-0.1, -0.05) is 79.8 Å². The number of para-hydroxylation sites is 1. The molecule has 4 nitrogen and oxygen atoms in total. The minimum atomic E-state index is -0.415. The number of primary amides is 1. The Morgan fingerprint density at radius 1 is 1.00 bits per heavy atom. The molecule has 7 heteroatoms. The Morgan fingerprint density at radius 3 is 2.32 bits per heavy atom. The van der Waals surface area contributed by atoms with E-state index in [4.69, 9.17) is 45.3 Å². The molecule has 2 unspecified atom stereocenters. The molecule has 0 aliphatic heterocycles. The molecule has 1 aliphatic rings. The molecule has 1 fully saturated rings. The van der Waals surface area contributed by atoms with Crippen LogP contribution in [0.3, 0.4) is 0 Å². The van der Waals surface area contributed by atoms with Gasteiger partial charge in [-0.2, -0.15) is 0 Å². The number of nitrogens with one attached hydrogen (secondary N) is 1. The van der Waals surface area contributed by atoms with Crippen molar-refractivity contribution >= 4 is 46.4 Å². The van der Waals surface area contributed by atoms with Gasteiger partial charge >= 0.3 is 0 Å². The van der Waals surface area contributed by atoms with Crippen LogP contribution in [-0.4, -0.2) is 12.5 Å². The fourth-order valence-electron chi connectivity index (χ4n) is 4.83. The van der Waals surface area contributed by atoms with Gasteiger partial charge in [0, 0.05) is 10.6 Å². The summed E-state index contributed by atoms with van der Waals surface area (Å²) in [5.41, 5.74) is 11.0. The second-order valence-electron chi connectivity index (χ2n) is 9.64. The third kappa shape index (κ3) is 6.43. The molecule has 3 N–H and O–H groups in total. The zero-order chi connectivity index (χ0) is 26.7. The number of halogens is 3. The van der Waals surface area contributed by atoms with Gasteiger partial charge < -0.3 is 15.8 Å². The van der Waals surface area contributed by atoms with Gasteiger partial charge in [-0.25, -0.2) is 0 Å². The minimum absolute atomic E-state index is 0.303. The summed E-state index contributed by atoms with van der Waals surface area (Å²) in [5.74, 6) is 1.22. The summed E-state index contributed by atoms with van der Waals surface area (Å²) < 4.78 is 6.20. The molecule has 0 bridgehead atoms. The Hall–Kier alpha value is -2.66. The summed E-state index contributed by atoms with van der Waals surface area (Å²) in [6, 6.07) is 18.8. The van der Waals surface area contributed by atoms with E-state index in [2.05, 4.69) is 26.1 Å². The lowest BCUT2D eigenvalue weighted by Gasteiger charge is -2.21. The fourth-order valence-corrected chi connectivity index (χ4v) is 5.63. The lowest BCUT2D eigenvalue weighted by molar-refractivity contribution is 0.1000. The molecule has 0 aromatic heterocycles. The van der Waals surface area contributed by atoms with Gasteiger partial charge in [-0.3, -0.25) is 4.79 Å². The van der Waals surface area contributed by atoms with Gasteiger partial charge in [0.2, 0.25) is 5.91 Å². The van der Waals surface area contributed by atoms with Crippen LogP contribution in [0.15, 0.2) is 71.9 Å². The molecule has 0 saturated heterocycles. The van der Waals surface area contributed by atoms with E-state index in [0.29, 0.717) is 56.4 Å². The average Bonchev–Trinajstić information content (AvgIpc) is 3.65. The van der Waals surface area contributed by atoms with Crippen molar-refractivity contribution in [2.45, 2.75) is 45.4 Å². The number of hydrogen-bond acceptors (Lipinski definition) is 3. The maximum Gasteiger partial charge on any atom is 0.248 e. The third-order valence-electron chi connectivity index (χ3n) is 6.85. The van der Waals surface area contributed by atoms with Crippen LogP contribution in [0.1, 0.15) is 66.9 Å². The Kier molecular flexibility index (Phi) is 8.74. The van der Waals surface area contributed by atoms with Crippen molar-refractivity contribution in [3.8, 4) is 5.75 Å². The van der Waals surface area contributed by atoms with Gasteiger partial charge in [0.1, 0.15) is 12.4 Å². The zero-order valence-electron chi connectivity index (χ0n) is 21.2. The monoisotopic (exact) mass is 556 g/mol. The largest absolute Gasteiger partial charge is 0.487 e. The van der Waals surface area contributed by atoms with Crippen LogP contribution >= 0.6 is 34.8 Å². The van der Waals surface area contributed by atoms with Crippen molar-refractivity contribution < 1.29 is 9.53 Å². The molecule has 0 heterocycles. The zero-order valence-corrected chi connectivity index (χ0v) is 23.4. The van der Waals surface area contributed by atoms with E-state index in [1.165, 1.54) is 5.57 Å². The first-order valence-corrected chi connectivity index (χ1v) is 13.6.